The van der Waals surface area contributed by atoms with Crippen molar-refractivity contribution in [3.63, 3.8) is 0 Å². The molecule has 0 saturated carbocycles. The molecule has 0 N–H and O–H groups in total. The summed E-state index contributed by atoms with van der Waals surface area (Å²) in [7, 11) is 0. The Morgan fingerprint density at radius 1 is 1.30 bits per heavy atom. The Kier molecular flexibility index (Phi) is 9.02. The van der Waals surface area contributed by atoms with Crippen molar-refractivity contribution in [3.8, 4) is 0 Å². The van der Waals surface area contributed by atoms with Crippen LogP contribution >= 0.6 is 0 Å². The molecule has 0 aliphatic carbocycles. The molecule has 0 aromatic rings. The van der Waals surface area contributed by atoms with E-state index in [2.05, 4.69) is 13.5 Å². The number of allylic oxidation sites excluding steroid dienone is 5. The second-order valence-corrected chi connectivity index (χ2v) is 4.96. The fourth-order valence-corrected chi connectivity index (χ4v) is 1.99. The summed E-state index contributed by atoms with van der Waals surface area (Å²) in [6.07, 6.45) is 3.98. The van der Waals surface area contributed by atoms with E-state index in [4.69, 9.17) is 0 Å². The number of unbranched alkanes of at least 4 members (excludes halogenated alkanes) is 2. The van der Waals surface area contributed by atoms with Crippen LogP contribution < -0.4 is 0 Å². The summed E-state index contributed by atoms with van der Waals surface area (Å²) in [6.45, 7) is 10.6. The largest absolute Gasteiger partial charge is 0.294 e. The van der Waals surface area contributed by atoms with Crippen LogP contribution in [-0.4, -0.2) is 12.2 Å². The topological polar surface area (TPSA) is 17.1 Å². The summed E-state index contributed by atoms with van der Waals surface area (Å²) >= 11 is 0. The minimum absolute atomic E-state index is 0.000129. The minimum Gasteiger partial charge on any atom is -0.294 e. The van der Waals surface area contributed by atoms with Gasteiger partial charge in [0.15, 0.2) is 5.78 Å². The van der Waals surface area contributed by atoms with Gasteiger partial charge in [0, 0.05) is 11.5 Å². The average molecular weight is 284 g/mol. The monoisotopic (exact) mass is 284 g/mol. The SMILES string of the molecule is C=CC(C)C(=O)C(=C/CCCC)/C(CC)=C(\C)C(F)F. The molecule has 1 unspecified atom stereocenters. The molecule has 0 aliphatic rings. The molecule has 0 bridgehead atoms. The number of ketones is 1. The summed E-state index contributed by atoms with van der Waals surface area (Å²) in [5.41, 5.74) is 0.931. The molecule has 0 fully saturated rings. The van der Waals surface area contributed by atoms with Gasteiger partial charge in [-0.05, 0) is 30.9 Å². The zero-order valence-corrected chi connectivity index (χ0v) is 13.0. The average Bonchev–Trinajstić information content (AvgIpc) is 2.44. The molecule has 1 nitrogen and oxygen atoms in total. The number of carbonyl (C=O) groups excluding carboxylic acids is 1. The van der Waals surface area contributed by atoms with E-state index in [-0.39, 0.29) is 17.3 Å². The first-order valence-corrected chi connectivity index (χ1v) is 7.25. The third-order valence-electron chi connectivity index (χ3n) is 3.42. The molecule has 1 atom stereocenters. The van der Waals surface area contributed by atoms with Crippen molar-refractivity contribution in [2.24, 2.45) is 5.92 Å². The maximum Gasteiger partial charge on any atom is 0.260 e. The van der Waals surface area contributed by atoms with E-state index in [0.717, 1.165) is 19.3 Å². The molecule has 20 heavy (non-hydrogen) atoms. The highest BCUT2D eigenvalue weighted by Crippen LogP contribution is 2.26. The Morgan fingerprint density at radius 2 is 1.90 bits per heavy atom. The zero-order chi connectivity index (χ0) is 15.7. The van der Waals surface area contributed by atoms with Gasteiger partial charge in [0.2, 0.25) is 0 Å². The number of Topliss-reactive ketones (excluding diaryl/α,β-unsaturated/α-hetero) is 1. The number of rotatable bonds is 9. The lowest BCUT2D eigenvalue weighted by Gasteiger charge is -2.16. The minimum atomic E-state index is -2.52. The Labute approximate surface area is 121 Å². The molecule has 0 spiro atoms. The molecular weight excluding hydrogens is 258 g/mol. The smallest absolute Gasteiger partial charge is 0.260 e. The number of hydrogen-bond acceptors (Lipinski definition) is 1. The van der Waals surface area contributed by atoms with Crippen LogP contribution in [0.3, 0.4) is 0 Å². The Hall–Kier alpha value is -1.25. The second-order valence-electron chi connectivity index (χ2n) is 4.96. The third kappa shape index (κ3) is 5.40. The first-order chi connectivity index (χ1) is 9.40. The van der Waals surface area contributed by atoms with Crippen LogP contribution in [0.25, 0.3) is 0 Å². The van der Waals surface area contributed by atoms with Gasteiger partial charge in [-0.15, -0.1) is 6.58 Å². The van der Waals surface area contributed by atoms with Crippen LogP contribution in [-0.2, 0) is 4.79 Å². The van der Waals surface area contributed by atoms with Crippen LogP contribution in [0.4, 0.5) is 8.78 Å². The number of alkyl halides is 2. The predicted molar refractivity (Wildman–Crippen MR) is 81.0 cm³/mol. The lowest BCUT2D eigenvalue weighted by atomic mass is 9.88. The van der Waals surface area contributed by atoms with Gasteiger partial charge in [-0.2, -0.15) is 0 Å². The highest BCUT2D eigenvalue weighted by molar-refractivity contribution is 6.02. The van der Waals surface area contributed by atoms with E-state index < -0.39 is 6.43 Å². The molecule has 3 heteroatoms. The molecular formula is C17H26F2O. The van der Waals surface area contributed by atoms with Gasteiger partial charge < -0.3 is 0 Å². The van der Waals surface area contributed by atoms with Crippen molar-refractivity contribution in [3.05, 3.63) is 35.5 Å². The van der Waals surface area contributed by atoms with Gasteiger partial charge in [-0.25, -0.2) is 8.78 Å². The van der Waals surface area contributed by atoms with Gasteiger partial charge in [-0.3, -0.25) is 4.79 Å². The van der Waals surface area contributed by atoms with Crippen LogP contribution in [0.1, 0.15) is 53.4 Å². The molecule has 0 saturated heterocycles. The summed E-state index contributed by atoms with van der Waals surface area (Å²) < 4.78 is 25.9. The normalized spacial score (nSPS) is 15.1. The van der Waals surface area contributed by atoms with E-state index >= 15 is 0 Å². The lowest BCUT2D eigenvalue weighted by molar-refractivity contribution is -0.117. The lowest BCUT2D eigenvalue weighted by Crippen LogP contribution is -2.15. The van der Waals surface area contributed by atoms with Crippen LogP contribution in [0.2, 0.25) is 0 Å². The second kappa shape index (κ2) is 9.62. The van der Waals surface area contributed by atoms with Crippen molar-refractivity contribution in [2.45, 2.75) is 59.8 Å². The zero-order valence-electron chi connectivity index (χ0n) is 13.0. The van der Waals surface area contributed by atoms with Crippen molar-refractivity contribution < 1.29 is 13.6 Å². The molecule has 0 aliphatic heterocycles. The third-order valence-corrected chi connectivity index (χ3v) is 3.42. The van der Waals surface area contributed by atoms with E-state index in [1.165, 1.54) is 6.92 Å². The number of halogens is 2. The van der Waals surface area contributed by atoms with E-state index in [9.17, 15) is 13.6 Å². The summed E-state index contributed by atoms with van der Waals surface area (Å²) in [5.74, 6) is -0.470. The van der Waals surface area contributed by atoms with Gasteiger partial charge in [0.25, 0.3) is 6.43 Å². The molecule has 0 aromatic heterocycles. The predicted octanol–water partition coefficient (Wildman–Crippen LogP) is 5.49. The van der Waals surface area contributed by atoms with Gasteiger partial charge in [0.05, 0.1) is 0 Å². The van der Waals surface area contributed by atoms with E-state index in [0.29, 0.717) is 17.6 Å². The molecule has 0 rings (SSSR count). The van der Waals surface area contributed by atoms with Crippen molar-refractivity contribution in [1.82, 2.24) is 0 Å². The maximum atomic E-state index is 12.9. The van der Waals surface area contributed by atoms with Crippen molar-refractivity contribution in [1.29, 1.82) is 0 Å². The molecule has 0 amide bonds. The summed E-state index contributed by atoms with van der Waals surface area (Å²) in [4.78, 5) is 12.4. The highest BCUT2D eigenvalue weighted by Gasteiger charge is 2.21. The van der Waals surface area contributed by atoms with Crippen molar-refractivity contribution in [2.75, 3.05) is 0 Å². The number of carbonyl (C=O) groups is 1. The fraction of sp³-hybridized carbons (Fsp3) is 0.588. The van der Waals surface area contributed by atoms with Gasteiger partial charge in [0.1, 0.15) is 0 Å². The van der Waals surface area contributed by atoms with Crippen LogP contribution in [0, 0.1) is 5.92 Å². The molecule has 114 valence electrons. The number of hydrogen-bond donors (Lipinski definition) is 0. The highest BCUT2D eigenvalue weighted by atomic mass is 19.3. The standard InChI is InChI=1S/C17H26F2O/c1-6-9-10-11-15(16(20)12(4)7-2)14(8-3)13(5)17(18)19/h7,11-12,17H,2,6,8-10H2,1,3-5H3/b14-13+,15-11+. The van der Waals surface area contributed by atoms with Gasteiger partial charge >= 0.3 is 0 Å². The van der Waals surface area contributed by atoms with Gasteiger partial charge in [-0.1, -0.05) is 45.8 Å². The molecule has 0 aromatic carbocycles. The Bertz CT molecular complexity index is 392. The first kappa shape index (κ1) is 18.8. The summed E-state index contributed by atoms with van der Waals surface area (Å²) in [5, 5.41) is 0. The van der Waals surface area contributed by atoms with E-state index in [1.54, 1.807) is 19.9 Å². The fourth-order valence-electron chi connectivity index (χ4n) is 1.99. The molecule has 0 radical (unpaired) electrons. The Balaban J connectivity index is 5.61. The first-order valence-electron chi connectivity index (χ1n) is 7.25. The summed E-state index contributed by atoms with van der Waals surface area (Å²) in [6, 6.07) is 0. The quantitative estimate of drug-likeness (QED) is 0.237. The van der Waals surface area contributed by atoms with Crippen LogP contribution in [0.5, 0.6) is 0 Å². The van der Waals surface area contributed by atoms with E-state index in [1.807, 2.05) is 6.08 Å². The Morgan fingerprint density at radius 3 is 2.30 bits per heavy atom. The van der Waals surface area contributed by atoms with Crippen molar-refractivity contribution >= 4 is 5.78 Å². The maximum absolute atomic E-state index is 12.9. The van der Waals surface area contributed by atoms with Crippen LogP contribution in [0.15, 0.2) is 35.5 Å². The molecule has 0 heterocycles.